The number of ether oxygens (including phenoxy) is 1. The first-order chi connectivity index (χ1) is 7.18. The van der Waals surface area contributed by atoms with Crippen LogP contribution in [-0.2, 0) is 4.74 Å². The van der Waals surface area contributed by atoms with Gasteiger partial charge in [-0.3, -0.25) is 4.90 Å². The van der Waals surface area contributed by atoms with Crippen LogP contribution in [0.15, 0.2) is 0 Å². The molecule has 2 aliphatic heterocycles. The van der Waals surface area contributed by atoms with Gasteiger partial charge in [-0.05, 0) is 32.6 Å². The van der Waals surface area contributed by atoms with Crippen molar-refractivity contribution in [2.24, 2.45) is 5.92 Å². The van der Waals surface area contributed by atoms with Crippen LogP contribution >= 0.6 is 0 Å². The number of hydrogen-bond acceptors (Lipinski definition) is 3. The largest absolute Gasteiger partial charge is 0.381 e. The maximum Gasteiger partial charge on any atom is 0.0469 e. The van der Waals surface area contributed by atoms with Crippen LogP contribution in [-0.4, -0.2) is 49.8 Å². The lowest BCUT2D eigenvalue weighted by Gasteiger charge is -2.44. The lowest BCUT2D eigenvalue weighted by atomic mass is 9.94. The van der Waals surface area contributed by atoms with Crippen molar-refractivity contribution < 1.29 is 4.74 Å². The molecule has 2 fully saturated rings. The summed E-state index contributed by atoms with van der Waals surface area (Å²) in [4.78, 5) is 2.65. The third-order valence-corrected chi connectivity index (χ3v) is 3.79. The van der Waals surface area contributed by atoms with Gasteiger partial charge in [0.1, 0.15) is 0 Å². The highest BCUT2D eigenvalue weighted by atomic mass is 16.5. The zero-order chi connectivity index (χ0) is 10.7. The summed E-state index contributed by atoms with van der Waals surface area (Å²) in [7, 11) is 0. The Bertz CT molecular complexity index is 200. The van der Waals surface area contributed by atoms with E-state index in [1.54, 1.807) is 0 Å². The molecule has 1 N–H and O–H groups in total. The molecule has 0 aromatic heterocycles. The molecule has 2 aliphatic rings. The van der Waals surface area contributed by atoms with Crippen molar-refractivity contribution in [3.8, 4) is 0 Å². The average molecular weight is 212 g/mol. The van der Waals surface area contributed by atoms with E-state index in [2.05, 4.69) is 24.1 Å². The zero-order valence-corrected chi connectivity index (χ0v) is 10.1. The lowest BCUT2D eigenvalue weighted by Crippen LogP contribution is -2.59. The van der Waals surface area contributed by atoms with Gasteiger partial charge in [-0.25, -0.2) is 0 Å². The molecule has 0 aliphatic carbocycles. The number of nitrogens with zero attached hydrogens (tertiary/aromatic N) is 1. The Hall–Kier alpha value is -0.120. The van der Waals surface area contributed by atoms with E-state index in [4.69, 9.17) is 4.74 Å². The van der Waals surface area contributed by atoms with Crippen LogP contribution in [0.4, 0.5) is 0 Å². The Labute approximate surface area is 93.2 Å². The second-order valence-corrected chi connectivity index (χ2v) is 5.49. The van der Waals surface area contributed by atoms with Gasteiger partial charge < -0.3 is 10.1 Å². The van der Waals surface area contributed by atoms with Gasteiger partial charge in [-0.15, -0.1) is 0 Å². The molecular weight excluding hydrogens is 188 g/mol. The molecule has 0 saturated carbocycles. The molecular formula is C12H24N2O. The Balaban J connectivity index is 1.85. The molecule has 0 spiro atoms. The van der Waals surface area contributed by atoms with E-state index in [0.29, 0.717) is 5.54 Å². The second-order valence-electron chi connectivity index (χ2n) is 5.49. The highest BCUT2D eigenvalue weighted by Gasteiger charge is 2.31. The summed E-state index contributed by atoms with van der Waals surface area (Å²) < 4.78 is 5.41. The highest BCUT2D eigenvalue weighted by Crippen LogP contribution is 2.22. The fraction of sp³-hybridized carbons (Fsp3) is 1.00. The molecule has 2 rings (SSSR count). The van der Waals surface area contributed by atoms with Crippen molar-refractivity contribution in [3.63, 3.8) is 0 Å². The van der Waals surface area contributed by atoms with Crippen molar-refractivity contribution in [2.45, 2.75) is 32.2 Å². The van der Waals surface area contributed by atoms with Crippen LogP contribution in [0.5, 0.6) is 0 Å². The molecule has 3 nitrogen and oxygen atoms in total. The van der Waals surface area contributed by atoms with Crippen LogP contribution in [0.3, 0.4) is 0 Å². The van der Waals surface area contributed by atoms with Gasteiger partial charge in [0, 0.05) is 44.9 Å². The first kappa shape index (κ1) is 11.4. The number of piperazine rings is 1. The number of rotatable bonds is 2. The van der Waals surface area contributed by atoms with Crippen molar-refractivity contribution in [3.05, 3.63) is 0 Å². The van der Waals surface area contributed by atoms with Crippen molar-refractivity contribution in [1.29, 1.82) is 0 Å². The lowest BCUT2D eigenvalue weighted by molar-refractivity contribution is 0.0220. The standard InChI is InChI=1S/C12H24N2O/c1-12(2)10-13-5-6-14(12)9-11-3-7-15-8-4-11/h11,13H,3-10H2,1-2H3. The maximum atomic E-state index is 5.41. The summed E-state index contributed by atoms with van der Waals surface area (Å²) in [6, 6.07) is 0. The van der Waals surface area contributed by atoms with E-state index >= 15 is 0 Å². The number of nitrogens with one attached hydrogen (secondary N) is 1. The van der Waals surface area contributed by atoms with E-state index < -0.39 is 0 Å². The van der Waals surface area contributed by atoms with E-state index in [-0.39, 0.29) is 0 Å². The summed E-state index contributed by atoms with van der Waals surface area (Å²) >= 11 is 0. The topological polar surface area (TPSA) is 24.5 Å². The van der Waals surface area contributed by atoms with Crippen LogP contribution in [0.1, 0.15) is 26.7 Å². The Morgan fingerprint density at radius 3 is 2.73 bits per heavy atom. The van der Waals surface area contributed by atoms with Crippen LogP contribution in [0.25, 0.3) is 0 Å². The molecule has 2 saturated heterocycles. The van der Waals surface area contributed by atoms with Crippen molar-refractivity contribution >= 4 is 0 Å². The monoisotopic (exact) mass is 212 g/mol. The number of hydrogen-bond donors (Lipinski definition) is 1. The van der Waals surface area contributed by atoms with Gasteiger partial charge in [0.05, 0.1) is 0 Å². The molecule has 2 heterocycles. The third-order valence-electron chi connectivity index (χ3n) is 3.79. The van der Waals surface area contributed by atoms with E-state index in [0.717, 1.165) is 32.2 Å². The minimum Gasteiger partial charge on any atom is -0.381 e. The summed E-state index contributed by atoms with van der Waals surface area (Å²) in [5, 5.41) is 3.48. The molecule has 0 unspecified atom stereocenters. The molecule has 0 atom stereocenters. The van der Waals surface area contributed by atoms with Crippen LogP contribution in [0.2, 0.25) is 0 Å². The fourth-order valence-corrected chi connectivity index (χ4v) is 2.60. The predicted molar refractivity (Wildman–Crippen MR) is 62.1 cm³/mol. The summed E-state index contributed by atoms with van der Waals surface area (Å²) in [5.41, 5.74) is 0.330. The van der Waals surface area contributed by atoms with Crippen LogP contribution < -0.4 is 5.32 Å². The Morgan fingerprint density at radius 1 is 1.33 bits per heavy atom. The second kappa shape index (κ2) is 4.81. The van der Waals surface area contributed by atoms with Crippen molar-refractivity contribution in [1.82, 2.24) is 10.2 Å². The molecule has 15 heavy (non-hydrogen) atoms. The maximum absolute atomic E-state index is 5.41. The molecule has 0 aromatic carbocycles. The predicted octanol–water partition coefficient (Wildman–Crippen LogP) is 1.10. The molecule has 0 radical (unpaired) electrons. The smallest absolute Gasteiger partial charge is 0.0469 e. The summed E-state index contributed by atoms with van der Waals surface area (Å²) in [6.07, 6.45) is 2.50. The van der Waals surface area contributed by atoms with Gasteiger partial charge in [0.15, 0.2) is 0 Å². The normalized spacial score (nSPS) is 29.2. The van der Waals surface area contributed by atoms with E-state index in [9.17, 15) is 0 Å². The SMILES string of the molecule is CC1(C)CNCCN1CC1CCOCC1. The van der Waals surface area contributed by atoms with Gasteiger partial charge in [0.25, 0.3) is 0 Å². The molecule has 0 bridgehead atoms. The fourth-order valence-electron chi connectivity index (χ4n) is 2.60. The molecule has 0 amide bonds. The van der Waals surface area contributed by atoms with Gasteiger partial charge in [0.2, 0.25) is 0 Å². The van der Waals surface area contributed by atoms with E-state index in [1.807, 2.05) is 0 Å². The highest BCUT2D eigenvalue weighted by molar-refractivity contribution is 4.89. The Kier molecular flexibility index (Phi) is 3.65. The average Bonchev–Trinajstić information content (AvgIpc) is 2.23. The first-order valence-electron chi connectivity index (χ1n) is 6.22. The van der Waals surface area contributed by atoms with Gasteiger partial charge >= 0.3 is 0 Å². The molecule has 0 aromatic rings. The first-order valence-corrected chi connectivity index (χ1v) is 6.22. The van der Waals surface area contributed by atoms with Crippen LogP contribution in [0, 0.1) is 5.92 Å². The Morgan fingerprint density at radius 2 is 2.07 bits per heavy atom. The minimum atomic E-state index is 0.330. The van der Waals surface area contributed by atoms with Gasteiger partial charge in [-0.2, -0.15) is 0 Å². The third kappa shape index (κ3) is 2.92. The van der Waals surface area contributed by atoms with Crippen molar-refractivity contribution in [2.75, 3.05) is 39.4 Å². The molecule has 3 heteroatoms. The molecule has 88 valence electrons. The minimum absolute atomic E-state index is 0.330. The quantitative estimate of drug-likeness (QED) is 0.742. The summed E-state index contributed by atoms with van der Waals surface area (Å²) in [5.74, 6) is 0.858. The van der Waals surface area contributed by atoms with Gasteiger partial charge in [-0.1, -0.05) is 0 Å². The zero-order valence-electron chi connectivity index (χ0n) is 10.1. The summed E-state index contributed by atoms with van der Waals surface area (Å²) in [6.45, 7) is 11.4. The van der Waals surface area contributed by atoms with E-state index in [1.165, 1.54) is 25.9 Å².